The molecule has 0 saturated heterocycles. The number of hydrogen-bond donors (Lipinski definition) is 2. The fourth-order valence-electron chi connectivity index (χ4n) is 3.61. The molecule has 190 valence electrons. The van der Waals surface area contributed by atoms with E-state index in [1.165, 1.54) is 18.3 Å². The van der Waals surface area contributed by atoms with E-state index in [2.05, 4.69) is 15.2 Å². The molecule has 0 atom stereocenters. The fraction of sp³-hybridized carbons (Fsp3) is 0.148. The molecule has 9 nitrogen and oxygen atoms in total. The van der Waals surface area contributed by atoms with Crippen molar-refractivity contribution < 1.29 is 22.7 Å². The second-order valence-corrected chi connectivity index (χ2v) is 9.96. The Balaban J connectivity index is 1.46. The standard InChI is InChI=1S/C27H26N4O5S/c1-3-27(33)36-22-12-10-21(11-13-22)29-26(32)18-31-17-20(24-6-4-5-7-25(24)31)16-28-30-37(34,35)23-14-8-19(2)9-15-23/h4-17,30H,3,18H2,1-2H3,(H,29,32)/b28-16+. The summed E-state index contributed by atoms with van der Waals surface area (Å²) in [6.45, 7) is 3.61. The second kappa shape index (κ2) is 11.1. The molecule has 0 aliphatic heterocycles. The lowest BCUT2D eigenvalue weighted by Crippen LogP contribution is -2.18. The highest BCUT2D eigenvalue weighted by Crippen LogP contribution is 2.21. The largest absolute Gasteiger partial charge is 0.427 e. The molecule has 0 aliphatic carbocycles. The number of carbonyl (C=O) groups is 2. The third-order valence-corrected chi connectivity index (χ3v) is 6.74. The van der Waals surface area contributed by atoms with Crippen LogP contribution in [0.1, 0.15) is 24.5 Å². The number of para-hydroxylation sites is 1. The maximum absolute atomic E-state index is 12.7. The number of esters is 1. The van der Waals surface area contributed by atoms with Gasteiger partial charge in [-0.1, -0.05) is 42.8 Å². The van der Waals surface area contributed by atoms with Gasteiger partial charge in [0.25, 0.3) is 10.0 Å². The summed E-state index contributed by atoms with van der Waals surface area (Å²) in [5.74, 6) is -0.190. The number of aromatic nitrogens is 1. The zero-order chi connectivity index (χ0) is 26.4. The van der Waals surface area contributed by atoms with Crippen LogP contribution in [0.3, 0.4) is 0 Å². The van der Waals surface area contributed by atoms with Gasteiger partial charge >= 0.3 is 5.97 Å². The highest BCUT2D eigenvalue weighted by molar-refractivity contribution is 7.89. The van der Waals surface area contributed by atoms with Crippen molar-refractivity contribution >= 4 is 44.7 Å². The molecule has 0 radical (unpaired) electrons. The molecule has 0 unspecified atom stereocenters. The fourth-order valence-corrected chi connectivity index (χ4v) is 4.40. The summed E-state index contributed by atoms with van der Waals surface area (Å²) < 4.78 is 31.9. The van der Waals surface area contributed by atoms with Gasteiger partial charge in [0.1, 0.15) is 12.3 Å². The first-order chi connectivity index (χ1) is 17.7. The van der Waals surface area contributed by atoms with Crippen LogP contribution >= 0.6 is 0 Å². The van der Waals surface area contributed by atoms with Crippen LogP contribution in [0.4, 0.5) is 5.69 Å². The van der Waals surface area contributed by atoms with Crippen molar-refractivity contribution in [2.24, 2.45) is 5.10 Å². The Hall–Kier alpha value is -4.44. The molecule has 4 rings (SSSR count). The van der Waals surface area contributed by atoms with E-state index in [9.17, 15) is 18.0 Å². The molecule has 0 aliphatic rings. The van der Waals surface area contributed by atoms with Gasteiger partial charge in [-0.15, -0.1) is 0 Å². The van der Waals surface area contributed by atoms with E-state index in [1.807, 2.05) is 31.2 Å². The van der Waals surface area contributed by atoms with E-state index < -0.39 is 10.0 Å². The van der Waals surface area contributed by atoms with Crippen LogP contribution in [0.5, 0.6) is 5.75 Å². The number of nitrogens with zero attached hydrogens (tertiary/aromatic N) is 2. The third-order valence-electron chi connectivity index (χ3n) is 5.50. The molecule has 1 aromatic heterocycles. The van der Waals surface area contributed by atoms with Gasteiger partial charge in [-0.3, -0.25) is 9.59 Å². The van der Waals surface area contributed by atoms with Gasteiger partial charge < -0.3 is 14.6 Å². The molecule has 4 aromatic rings. The van der Waals surface area contributed by atoms with Crippen molar-refractivity contribution in [1.29, 1.82) is 0 Å². The van der Waals surface area contributed by atoms with E-state index in [-0.39, 0.29) is 29.7 Å². The highest BCUT2D eigenvalue weighted by Gasteiger charge is 2.13. The van der Waals surface area contributed by atoms with Crippen LogP contribution in [0.25, 0.3) is 10.9 Å². The Bertz CT molecular complexity index is 1560. The smallest absolute Gasteiger partial charge is 0.310 e. The van der Waals surface area contributed by atoms with Crippen molar-refractivity contribution in [1.82, 2.24) is 9.40 Å². The number of benzene rings is 3. The number of nitrogens with one attached hydrogen (secondary N) is 2. The van der Waals surface area contributed by atoms with Crippen LogP contribution in [-0.4, -0.2) is 31.1 Å². The normalized spacial score (nSPS) is 11.5. The molecule has 0 saturated carbocycles. The first-order valence-electron chi connectivity index (χ1n) is 11.5. The number of carbonyl (C=O) groups excluding carboxylic acids is 2. The number of amides is 1. The van der Waals surface area contributed by atoms with Crippen molar-refractivity contribution in [3.8, 4) is 5.75 Å². The Kier molecular flexibility index (Phi) is 7.69. The first-order valence-corrected chi connectivity index (χ1v) is 13.0. The quantitative estimate of drug-likeness (QED) is 0.149. The summed E-state index contributed by atoms with van der Waals surface area (Å²) in [5.41, 5.74) is 2.96. The van der Waals surface area contributed by atoms with Crippen LogP contribution in [0.2, 0.25) is 0 Å². The van der Waals surface area contributed by atoms with Crippen molar-refractivity contribution in [3.63, 3.8) is 0 Å². The number of fused-ring (bicyclic) bond motifs is 1. The average molecular weight is 519 g/mol. The SMILES string of the molecule is CCC(=O)Oc1ccc(NC(=O)Cn2cc(/C=N/NS(=O)(=O)c3ccc(C)cc3)c3ccccc32)cc1. The summed E-state index contributed by atoms with van der Waals surface area (Å²) in [6.07, 6.45) is 3.43. The number of ether oxygens (including phenoxy) is 1. The third kappa shape index (κ3) is 6.42. The maximum Gasteiger partial charge on any atom is 0.310 e. The van der Waals surface area contributed by atoms with Crippen LogP contribution in [0.15, 0.2) is 89.0 Å². The lowest BCUT2D eigenvalue weighted by molar-refractivity contribution is -0.134. The molecule has 1 amide bonds. The monoisotopic (exact) mass is 518 g/mol. The summed E-state index contributed by atoms with van der Waals surface area (Å²) in [4.78, 5) is 26.5. The van der Waals surface area contributed by atoms with Gasteiger partial charge in [-0.2, -0.15) is 13.5 Å². The number of anilines is 1. The first kappa shape index (κ1) is 25.6. The minimum absolute atomic E-state index is 0.0238. The Morgan fingerprint density at radius 2 is 1.70 bits per heavy atom. The van der Waals surface area contributed by atoms with Crippen molar-refractivity contribution in [3.05, 3.63) is 90.1 Å². The number of aryl methyl sites for hydroxylation is 1. The minimum Gasteiger partial charge on any atom is -0.427 e. The topological polar surface area (TPSA) is 119 Å². The van der Waals surface area contributed by atoms with E-state index in [1.54, 1.807) is 54.1 Å². The Morgan fingerprint density at radius 3 is 2.41 bits per heavy atom. The summed E-state index contributed by atoms with van der Waals surface area (Å²) in [7, 11) is -3.81. The van der Waals surface area contributed by atoms with Gasteiger partial charge in [0, 0.05) is 34.8 Å². The number of sulfonamides is 1. The molecule has 0 spiro atoms. The highest BCUT2D eigenvalue weighted by atomic mass is 32.2. The molecule has 3 aromatic carbocycles. The van der Waals surface area contributed by atoms with Crippen molar-refractivity contribution in [2.75, 3.05) is 5.32 Å². The van der Waals surface area contributed by atoms with E-state index in [0.717, 1.165) is 16.5 Å². The molecule has 2 N–H and O–H groups in total. The Labute approximate surface area is 214 Å². The summed E-state index contributed by atoms with van der Waals surface area (Å²) in [6, 6.07) is 20.4. The van der Waals surface area contributed by atoms with Gasteiger partial charge in [0.15, 0.2) is 0 Å². The number of hydrazone groups is 1. The lowest BCUT2D eigenvalue weighted by atomic mass is 10.2. The van der Waals surface area contributed by atoms with Gasteiger partial charge in [-0.05, 0) is 49.4 Å². The summed E-state index contributed by atoms with van der Waals surface area (Å²) in [5, 5.41) is 7.58. The molecule has 0 fully saturated rings. The average Bonchev–Trinajstić information content (AvgIpc) is 3.22. The Morgan fingerprint density at radius 1 is 1.00 bits per heavy atom. The lowest BCUT2D eigenvalue weighted by Gasteiger charge is -2.08. The van der Waals surface area contributed by atoms with Gasteiger partial charge in [-0.25, -0.2) is 4.83 Å². The molecule has 37 heavy (non-hydrogen) atoms. The van der Waals surface area contributed by atoms with E-state index in [4.69, 9.17) is 4.74 Å². The molecule has 10 heteroatoms. The predicted octanol–water partition coefficient (Wildman–Crippen LogP) is 4.22. The van der Waals surface area contributed by atoms with E-state index in [0.29, 0.717) is 17.0 Å². The van der Waals surface area contributed by atoms with Crippen LogP contribution in [0, 0.1) is 6.92 Å². The molecular weight excluding hydrogens is 492 g/mol. The van der Waals surface area contributed by atoms with Crippen molar-refractivity contribution in [2.45, 2.75) is 31.7 Å². The molecular formula is C27H26N4O5S. The van der Waals surface area contributed by atoms with Gasteiger partial charge in [0.05, 0.1) is 11.1 Å². The molecule has 1 heterocycles. The summed E-state index contributed by atoms with van der Waals surface area (Å²) >= 11 is 0. The minimum atomic E-state index is -3.81. The maximum atomic E-state index is 12.7. The van der Waals surface area contributed by atoms with Crippen LogP contribution < -0.4 is 14.9 Å². The predicted molar refractivity (Wildman–Crippen MR) is 142 cm³/mol. The van der Waals surface area contributed by atoms with E-state index >= 15 is 0 Å². The zero-order valence-electron chi connectivity index (χ0n) is 20.3. The van der Waals surface area contributed by atoms with Gasteiger partial charge in [0.2, 0.25) is 5.91 Å². The molecule has 0 bridgehead atoms. The number of hydrogen-bond acceptors (Lipinski definition) is 6. The number of rotatable bonds is 9. The zero-order valence-corrected chi connectivity index (χ0v) is 21.2. The second-order valence-electron chi connectivity index (χ2n) is 8.30. The van der Waals surface area contributed by atoms with Crippen LogP contribution in [-0.2, 0) is 26.2 Å².